The molecule has 0 aliphatic carbocycles. The first-order valence-corrected chi connectivity index (χ1v) is 5.51. The molecule has 0 fully saturated rings. The summed E-state index contributed by atoms with van der Waals surface area (Å²) in [5.41, 5.74) is 2.64. The minimum Gasteiger partial charge on any atom is -0.389 e. The van der Waals surface area contributed by atoms with E-state index in [0.29, 0.717) is 5.69 Å². The fraction of sp³-hybridized carbons (Fsp3) is 0.308. The molecule has 1 N–H and O–H groups in total. The summed E-state index contributed by atoms with van der Waals surface area (Å²) in [5.74, 6) is -0.412. The van der Waals surface area contributed by atoms with Gasteiger partial charge in [-0.1, -0.05) is 6.07 Å². The van der Waals surface area contributed by atoms with Crippen LogP contribution in [0.5, 0.6) is 0 Å². The van der Waals surface area contributed by atoms with Gasteiger partial charge in [-0.3, -0.25) is 0 Å². The van der Waals surface area contributed by atoms with E-state index in [9.17, 15) is 9.50 Å². The maximum Gasteiger partial charge on any atom is 0.131 e. The van der Waals surface area contributed by atoms with Gasteiger partial charge in [0.1, 0.15) is 5.82 Å². The van der Waals surface area contributed by atoms with Crippen molar-refractivity contribution in [1.82, 2.24) is 9.78 Å². The van der Waals surface area contributed by atoms with Gasteiger partial charge in [0.05, 0.1) is 17.5 Å². The minimum atomic E-state index is -0.866. The van der Waals surface area contributed by atoms with Crippen LogP contribution in [0.4, 0.5) is 4.39 Å². The summed E-state index contributed by atoms with van der Waals surface area (Å²) in [4.78, 5) is 0. The second-order valence-electron chi connectivity index (χ2n) is 4.19. The number of halogens is 1. The van der Waals surface area contributed by atoms with E-state index in [1.165, 1.54) is 6.07 Å². The Balaban J connectivity index is 2.67. The van der Waals surface area contributed by atoms with Crippen LogP contribution in [0.2, 0.25) is 0 Å². The van der Waals surface area contributed by atoms with Gasteiger partial charge in [0.2, 0.25) is 0 Å². The number of aliphatic hydroxyl groups excluding tert-OH is 1. The first-order valence-electron chi connectivity index (χ1n) is 5.51. The van der Waals surface area contributed by atoms with E-state index < -0.39 is 11.9 Å². The highest BCUT2D eigenvalue weighted by Gasteiger charge is 2.16. The van der Waals surface area contributed by atoms with E-state index in [1.807, 2.05) is 19.9 Å². The molecule has 0 amide bonds. The molecule has 0 radical (unpaired) electrons. The Bertz CT molecular complexity index is 546. The van der Waals surface area contributed by atoms with Crippen LogP contribution in [0.1, 0.15) is 30.0 Å². The number of aliphatic hydroxyl groups is 1. The summed E-state index contributed by atoms with van der Waals surface area (Å²) < 4.78 is 15.4. The molecule has 17 heavy (non-hydrogen) atoms. The average Bonchev–Trinajstić information content (AvgIpc) is 2.56. The summed E-state index contributed by atoms with van der Waals surface area (Å²) in [6, 6.07) is 6.63. The molecular weight excluding hydrogens is 219 g/mol. The zero-order valence-electron chi connectivity index (χ0n) is 10.1. The minimum absolute atomic E-state index is 0.277. The van der Waals surface area contributed by atoms with Gasteiger partial charge in [-0.05, 0) is 39.0 Å². The SMILES string of the molecule is Cc1cc(C)n(-c2cccc(F)c2C(C)O)n1. The molecule has 1 unspecified atom stereocenters. The van der Waals surface area contributed by atoms with E-state index in [2.05, 4.69) is 5.10 Å². The van der Waals surface area contributed by atoms with Gasteiger partial charge in [-0.15, -0.1) is 0 Å². The number of aromatic nitrogens is 2. The molecule has 0 spiro atoms. The van der Waals surface area contributed by atoms with Crippen molar-refractivity contribution in [3.05, 3.63) is 47.0 Å². The maximum absolute atomic E-state index is 13.7. The Morgan fingerprint density at radius 1 is 1.35 bits per heavy atom. The molecule has 1 heterocycles. The lowest BCUT2D eigenvalue weighted by molar-refractivity contribution is 0.193. The van der Waals surface area contributed by atoms with E-state index in [1.54, 1.807) is 23.7 Å². The Morgan fingerprint density at radius 2 is 2.06 bits per heavy atom. The zero-order valence-corrected chi connectivity index (χ0v) is 10.1. The molecule has 4 heteroatoms. The van der Waals surface area contributed by atoms with Gasteiger partial charge in [-0.2, -0.15) is 5.10 Å². The predicted molar refractivity (Wildman–Crippen MR) is 63.6 cm³/mol. The molecule has 1 atom stereocenters. The molecule has 1 aromatic carbocycles. The monoisotopic (exact) mass is 234 g/mol. The van der Waals surface area contributed by atoms with Crippen molar-refractivity contribution in [2.45, 2.75) is 26.9 Å². The molecule has 2 rings (SSSR count). The number of benzene rings is 1. The number of nitrogens with zero attached hydrogens (tertiary/aromatic N) is 2. The molecule has 0 bridgehead atoms. The van der Waals surface area contributed by atoms with Crippen molar-refractivity contribution in [3.8, 4) is 5.69 Å². The van der Waals surface area contributed by atoms with Gasteiger partial charge >= 0.3 is 0 Å². The van der Waals surface area contributed by atoms with E-state index >= 15 is 0 Å². The molecule has 0 saturated carbocycles. The lowest BCUT2D eigenvalue weighted by Gasteiger charge is -2.14. The van der Waals surface area contributed by atoms with Crippen LogP contribution in [0.3, 0.4) is 0 Å². The van der Waals surface area contributed by atoms with Crippen LogP contribution < -0.4 is 0 Å². The molecule has 3 nitrogen and oxygen atoms in total. The van der Waals surface area contributed by atoms with Crippen LogP contribution in [-0.4, -0.2) is 14.9 Å². The van der Waals surface area contributed by atoms with Crippen LogP contribution in [0.15, 0.2) is 24.3 Å². The maximum atomic E-state index is 13.7. The topological polar surface area (TPSA) is 38.0 Å². The standard InChI is InChI=1S/C13H15FN2O/c1-8-7-9(2)16(15-8)12-6-4-5-11(14)13(12)10(3)17/h4-7,10,17H,1-3H3. The Hall–Kier alpha value is -1.68. The normalized spacial score (nSPS) is 12.8. The summed E-state index contributed by atoms with van der Waals surface area (Å²) in [6.45, 7) is 5.33. The summed E-state index contributed by atoms with van der Waals surface area (Å²) in [6.07, 6.45) is -0.866. The van der Waals surface area contributed by atoms with Crippen LogP contribution in [0.25, 0.3) is 5.69 Å². The summed E-state index contributed by atoms with van der Waals surface area (Å²) >= 11 is 0. The highest BCUT2D eigenvalue weighted by molar-refractivity contribution is 5.43. The molecule has 1 aromatic heterocycles. The van der Waals surface area contributed by atoms with E-state index in [4.69, 9.17) is 0 Å². The lowest BCUT2D eigenvalue weighted by atomic mass is 10.1. The third-order valence-corrected chi connectivity index (χ3v) is 2.69. The molecule has 0 aliphatic rings. The number of rotatable bonds is 2. The van der Waals surface area contributed by atoms with Crippen molar-refractivity contribution >= 4 is 0 Å². The number of hydrogen-bond acceptors (Lipinski definition) is 2. The second kappa shape index (κ2) is 4.30. The molecule has 0 aliphatic heterocycles. The third-order valence-electron chi connectivity index (χ3n) is 2.69. The fourth-order valence-corrected chi connectivity index (χ4v) is 2.00. The van der Waals surface area contributed by atoms with Crippen molar-refractivity contribution in [1.29, 1.82) is 0 Å². The smallest absolute Gasteiger partial charge is 0.131 e. The number of aryl methyl sites for hydroxylation is 2. The summed E-state index contributed by atoms with van der Waals surface area (Å²) in [5, 5.41) is 14.0. The van der Waals surface area contributed by atoms with E-state index in [0.717, 1.165) is 11.4 Å². The summed E-state index contributed by atoms with van der Waals surface area (Å²) in [7, 11) is 0. The lowest BCUT2D eigenvalue weighted by Crippen LogP contribution is -2.07. The van der Waals surface area contributed by atoms with Crippen molar-refractivity contribution in [3.63, 3.8) is 0 Å². The Labute approximate surface area is 99.5 Å². The third kappa shape index (κ3) is 2.08. The zero-order chi connectivity index (χ0) is 12.6. The fourth-order valence-electron chi connectivity index (χ4n) is 2.00. The van der Waals surface area contributed by atoms with Crippen molar-refractivity contribution in [2.75, 3.05) is 0 Å². The van der Waals surface area contributed by atoms with Gasteiger partial charge in [0.25, 0.3) is 0 Å². The largest absolute Gasteiger partial charge is 0.389 e. The molecule has 0 saturated heterocycles. The van der Waals surface area contributed by atoms with Gasteiger partial charge in [-0.25, -0.2) is 9.07 Å². The quantitative estimate of drug-likeness (QED) is 0.867. The first-order chi connectivity index (χ1) is 8.00. The van der Waals surface area contributed by atoms with Gasteiger partial charge in [0.15, 0.2) is 0 Å². The Morgan fingerprint density at radius 3 is 2.59 bits per heavy atom. The molecular formula is C13H15FN2O. The van der Waals surface area contributed by atoms with Crippen LogP contribution >= 0.6 is 0 Å². The highest BCUT2D eigenvalue weighted by atomic mass is 19.1. The van der Waals surface area contributed by atoms with Crippen molar-refractivity contribution in [2.24, 2.45) is 0 Å². The van der Waals surface area contributed by atoms with Crippen LogP contribution in [-0.2, 0) is 0 Å². The van der Waals surface area contributed by atoms with Gasteiger partial charge in [0, 0.05) is 11.3 Å². The predicted octanol–water partition coefficient (Wildman–Crippen LogP) is 2.68. The average molecular weight is 234 g/mol. The van der Waals surface area contributed by atoms with Gasteiger partial charge < -0.3 is 5.11 Å². The van der Waals surface area contributed by atoms with E-state index in [-0.39, 0.29) is 5.56 Å². The first kappa shape index (κ1) is 11.8. The molecule has 90 valence electrons. The number of hydrogen-bond donors (Lipinski definition) is 1. The van der Waals surface area contributed by atoms with Crippen molar-refractivity contribution < 1.29 is 9.50 Å². The Kier molecular flexibility index (Phi) is 2.98. The second-order valence-corrected chi connectivity index (χ2v) is 4.19. The molecule has 2 aromatic rings. The highest BCUT2D eigenvalue weighted by Crippen LogP contribution is 2.25. The van der Waals surface area contributed by atoms with Crippen LogP contribution in [0, 0.1) is 19.7 Å².